The maximum Gasteiger partial charge on any atom is 0.317 e. The molecule has 2 aromatic rings. The molecule has 2 amide bonds. The number of carbonyl (C=O) groups is 1. The van der Waals surface area contributed by atoms with Crippen molar-refractivity contribution in [1.29, 1.82) is 5.26 Å². The predicted molar refractivity (Wildman–Crippen MR) is 103 cm³/mol. The van der Waals surface area contributed by atoms with Gasteiger partial charge in [0.15, 0.2) is 0 Å². The number of aromatic nitrogens is 1. The Hall–Kier alpha value is -3.07. The average molecular weight is 361 g/mol. The van der Waals surface area contributed by atoms with Crippen LogP contribution in [0.25, 0.3) is 0 Å². The van der Waals surface area contributed by atoms with Gasteiger partial charge in [0.05, 0.1) is 5.56 Å². The average Bonchev–Trinajstić information content (AvgIpc) is 3.51. The first-order valence-electron chi connectivity index (χ1n) is 9.46. The molecule has 6 nitrogen and oxygen atoms in total. The minimum Gasteiger partial charge on any atom is -0.354 e. The lowest BCUT2D eigenvalue weighted by Gasteiger charge is -2.23. The highest BCUT2D eigenvalue weighted by atomic mass is 16.2. The molecule has 27 heavy (non-hydrogen) atoms. The number of urea groups is 1. The fourth-order valence-corrected chi connectivity index (χ4v) is 3.74. The number of carbonyl (C=O) groups excluding carboxylic acids is 1. The number of nitrogens with zero attached hydrogens (tertiary/aromatic N) is 4. The maximum absolute atomic E-state index is 12.7. The monoisotopic (exact) mass is 361 g/mol. The molecule has 2 aliphatic rings. The number of anilines is 1. The van der Waals surface area contributed by atoms with Crippen LogP contribution in [0.15, 0.2) is 48.7 Å². The number of nitrogens with one attached hydrogen (secondary N) is 1. The lowest BCUT2D eigenvalue weighted by Crippen LogP contribution is -2.43. The van der Waals surface area contributed by atoms with E-state index in [-0.39, 0.29) is 12.1 Å². The van der Waals surface area contributed by atoms with E-state index in [1.807, 2.05) is 23.1 Å². The number of rotatable bonds is 3. The van der Waals surface area contributed by atoms with Crippen LogP contribution in [-0.4, -0.2) is 48.1 Å². The summed E-state index contributed by atoms with van der Waals surface area (Å²) in [5, 5.41) is 12.5. The second-order valence-corrected chi connectivity index (χ2v) is 7.12. The summed E-state index contributed by atoms with van der Waals surface area (Å²) in [4.78, 5) is 21.0. The Morgan fingerprint density at radius 1 is 1.11 bits per heavy atom. The SMILES string of the molecule is N#Cc1cccnc1N1CCCN(C(=O)N[C@H]2C[C@H]2c2ccccc2)CC1. The van der Waals surface area contributed by atoms with E-state index in [2.05, 4.69) is 33.4 Å². The van der Waals surface area contributed by atoms with Gasteiger partial charge in [-0.3, -0.25) is 0 Å². The van der Waals surface area contributed by atoms with Crippen molar-refractivity contribution in [3.05, 3.63) is 59.8 Å². The van der Waals surface area contributed by atoms with Crippen LogP contribution >= 0.6 is 0 Å². The van der Waals surface area contributed by atoms with Crippen LogP contribution in [0.2, 0.25) is 0 Å². The molecule has 0 spiro atoms. The normalized spacial score (nSPS) is 21.9. The fraction of sp³-hybridized carbons (Fsp3) is 0.381. The molecule has 1 aromatic heterocycles. The Balaban J connectivity index is 1.33. The van der Waals surface area contributed by atoms with Crippen molar-refractivity contribution in [3.8, 4) is 6.07 Å². The number of nitriles is 1. The van der Waals surface area contributed by atoms with E-state index >= 15 is 0 Å². The first-order valence-corrected chi connectivity index (χ1v) is 9.46. The van der Waals surface area contributed by atoms with Crippen LogP contribution in [0.1, 0.15) is 29.9 Å². The zero-order valence-corrected chi connectivity index (χ0v) is 15.2. The lowest BCUT2D eigenvalue weighted by atomic mass is 10.1. The molecule has 0 bridgehead atoms. The molecule has 1 saturated heterocycles. The zero-order valence-electron chi connectivity index (χ0n) is 15.2. The second kappa shape index (κ2) is 7.67. The van der Waals surface area contributed by atoms with E-state index in [9.17, 15) is 10.1 Å². The Labute approximate surface area is 159 Å². The Bertz CT molecular complexity index is 847. The molecule has 2 heterocycles. The van der Waals surface area contributed by atoms with Crippen molar-refractivity contribution < 1.29 is 4.79 Å². The summed E-state index contributed by atoms with van der Waals surface area (Å²) in [7, 11) is 0. The van der Waals surface area contributed by atoms with Crippen LogP contribution < -0.4 is 10.2 Å². The lowest BCUT2D eigenvalue weighted by molar-refractivity contribution is 0.201. The van der Waals surface area contributed by atoms with E-state index in [1.165, 1.54) is 5.56 Å². The topological polar surface area (TPSA) is 72.3 Å². The first-order chi connectivity index (χ1) is 13.3. The van der Waals surface area contributed by atoms with Crippen LogP contribution in [0, 0.1) is 11.3 Å². The fourth-order valence-electron chi connectivity index (χ4n) is 3.74. The number of hydrogen-bond acceptors (Lipinski definition) is 4. The summed E-state index contributed by atoms with van der Waals surface area (Å²) in [6, 6.07) is 16.4. The van der Waals surface area contributed by atoms with Gasteiger partial charge < -0.3 is 15.1 Å². The summed E-state index contributed by atoms with van der Waals surface area (Å²) in [5.74, 6) is 1.15. The highest BCUT2D eigenvalue weighted by Gasteiger charge is 2.40. The van der Waals surface area contributed by atoms with Gasteiger partial charge in [-0.2, -0.15) is 5.26 Å². The number of amides is 2. The molecular weight excluding hydrogens is 338 g/mol. The standard InChI is InChI=1S/C21H23N5O/c22-15-17-8-4-9-23-20(17)25-10-5-11-26(13-12-25)21(27)24-19-14-18(19)16-6-2-1-3-7-16/h1-4,6-9,18-19H,5,10-14H2,(H,24,27)/t18-,19-/m0/s1. The van der Waals surface area contributed by atoms with Gasteiger partial charge in [0.1, 0.15) is 11.9 Å². The third kappa shape index (κ3) is 3.87. The van der Waals surface area contributed by atoms with Crippen LogP contribution in [0.3, 0.4) is 0 Å². The minimum absolute atomic E-state index is 0.0156. The smallest absolute Gasteiger partial charge is 0.317 e. The summed E-state index contributed by atoms with van der Waals surface area (Å²) in [5.41, 5.74) is 1.88. The van der Waals surface area contributed by atoms with E-state index < -0.39 is 0 Å². The number of benzene rings is 1. The van der Waals surface area contributed by atoms with Crippen LogP contribution in [0.5, 0.6) is 0 Å². The van der Waals surface area contributed by atoms with Gasteiger partial charge in [-0.15, -0.1) is 0 Å². The van der Waals surface area contributed by atoms with Crippen molar-refractivity contribution in [3.63, 3.8) is 0 Å². The van der Waals surface area contributed by atoms with Crippen molar-refractivity contribution >= 4 is 11.8 Å². The largest absolute Gasteiger partial charge is 0.354 e. The third-order valence-electron chi connectivity index (χ3n) is 5.32. The van der Waals surface area contributed by atoms with Gasteiger partial charge in [0, 0.05) is 44.3 Å². The van der Waals surface area contributed by atoms with Gasteiger partial charge in [0.25, 0.3) is 0 Å². The zero-order chi connectivity index (χ0) is 18.6. The van der Waals surface area contributed by atoms with E-state index in [1.54, 1.807) is 18.3 Å². The summed E-state index contributed by atoms with van der Waals surface area (Å²) < 4.78 is 0. The van der Waals surface area contributed by atoms with Gasteiger partial charge >= 0.3 is 6.03 Å². The Morgan fingerprint density at radius 2 is 1.96 bits per heavy atom. The molecule has 1 aliphatic carbocycles. The molecule has 1 saturated carbocycles. The van der Waals surface area contributed by atoms with Gasteiger partial charge in [-0.1, -0.05) is 30.3 Å². The van der Waals surface area contributed by atoms with Crippen LogP contribution in [0.4, 0.5) is 10.6 Å². The molecule has 1 N–H and O–H groups in total. The van der Waals surface area contributed by atoms with Gasteiger partial charge in [-0.05, 0) is 30.5 Å². The summed E-state index contributed by atoms with van der Waals surface area (Å²) in [6.45, 7) is 2.84. The molecule has 6 heteroatoms. The van der Waals surface area contributed by atoms with Crippen molar-refractivity contribution in [1.82, 2.24) is 15.2 Å². The van der Waals surface area contributed by atoms with E-state index in [0.29, 0.717) is 30.4 Å². The second-order valence-electron chi connectivity index (χ2n) is 7.12. The summed E-state index contributed by atoms with van der Waals surface area (Å²) >= 11 is 0. The molecule has 2 fully saturated rings. The molecule has 2 atom stereocenters. The summed E-state index contributed by atoms with van der Waals surface area (Å²) in [6.07, 6.45) is 3.58. The van der Waals surface area contributed by atoms with Crippen molar-refractivity contribution in [2.75, 3.05) is 31.1 Å². The van der Waals surface area contributed by atoms with E-state index in [4.69, 9.17) is 0 Å². The van der Waals surface area contributed by atoms with Crippen LogP contribution in [-0.2, 0) is 0 Å². The Kier molecular flexibility index (Phi) is 4.93. The molecule has 1 aliphatic heterocycles. The maximum atomic E-state index is 12.7. The minimum atomic E-state index is 0.0156. The van der Waals surface area contributed by atoms with Crippen molar-refractivity contribution in [2.45, 2.75) is 24.8 Å². The molecule has 0 unspecified atom stereocenters. The molecular formula is C21H23N5O. The highest BCUT2D eigenvalue weighted by Crippen LogP contribution is 2.40. The highest BCUT2D eigenvalue weighted by molar-refractivity contribution is 5.75. The molecule has 138 valence electrons. The molecule has 4 rings (SSSR count). The molecule has 1 aromatic carbocycles. The molecule has 0 radical (unpaired) electrons. The third-order valence-corrected chi connectivity index (χ3v) is 5.32. The van der Waals surface area contributed by atoms with Gasteiger partial charge in [0.2, 0.25) is 0 Å². The Morgan fingerprint density at radius 3 is 2.78 bits per heavy atom. The quantitative estimate of drug-likeness (QED) is 0.912. The predicted octanol–water partition coefficient (Wildman–Crippen LogP) is 2.73. The van der Waals surface area contributed by atoms with Crippen molar-refractivity contribution in [2.24, 2.45) is 0 Å². The first kappa shape index (κ1) is 17.3. The van der Waals surface area contributed by atoms with Gasteiger partial charge in [-0.25, -0.2) is 9.78 Å². The number of pyridine rings is 1. The number of hydrogen-bond donors (Lipinski definition) is 1. The van der Waals surface area contributed by atoms with E-state index in [0.717, 1.165) is 25.9 Å².